The molecule has 1 rings (SSSR count). The summed E-state index contributed by atoms with van der Waals surface area (Å²) in [5, 5.41) is 4.28. The monoisotopic (exact) mass is 202 g/mol. The van der Waals surface area contributed by atoms with Crippen molar-refractivity contribution >= 4 is 0 Å². The minimum Gasteiger partial charge on any atom is -0.661 e. The zero-order chi connectivity index (χ0) is 5.82. The molecule has 0 aromatic heterocycles. The van der Waals surface area contributed by atoms with E-state index in [1.807, 2.05) is 0 Å². The molecule has 0 aromatic carbocycles. The number of nitrogens with zero attached hydrogens (tertiary/aromatic N) is 2. The van der Waals surface area contributed by atoms with Crippen molar-refractivity contribution in [2.45, 2.75) is 6.42 Å². The van der Waals surface area contributed by atoms with E-state index in [0.717, 1.165) is 19.6 Å². The van der Waals surface area contributed by atoms with Crippen LogP contribution in [-0.2, 0) is 32.7 Å². The van der Waals surface area contributed by atoms with E-state index in [2.05, 4.69) is 17.3 Å². The second-order valence-corrected chi connectivity index (χ2v) is 2.33. The van der Waals surface area contributed by atoms with E-state index >= 15 is 0 Å². The fraction of sp³-hybridized carbons (Fsp3) is 1.00. The van der Waals surface area contributed by atoms with Crippen molar-refractivity contribution in [2.75, 3.05) is 33.2 Å². The first-order valence-electron chi connectivity index (χ1n) is 3.21. The third-order valence-corrected chi connectivity index (χ3v) is 1.50. The Bertz CT molecular complexity index is 60.1. The summed E-state index contributed by atoms with van der Waals surface area (Å²) in [5.74, 6) is 0. The minimum absolute atomic E-state index is 0. The third-order valence-electron chi connectivity index (χ3n) is 1.50. The summed E-state index contributed by atoms with van der Waals surface area (Å²) >= 11 is 0. The number of rotatable bonds is 0. The SMILES string of the molecule is CN1CCC[N-]CC1.[Y]. The van der Waals surface area contributed by atoms with Crippen molar-refractivity contribution in [1.29, 1.82) is 0 Å². The quantitative estimate of drug-likeness (QED) is 0.565. The Morgan fingerprint density at radius 2 is 2.00 bits per heavy atom. The smallest absolute Gasteiger partial charge is 0 e. The molecule has 0 amide bonds. The molecule has 2 nitrogen and oxygen atoms in total. The van der Waals surface area contributed by atoms with Gasteiger partial charge in [-0.3, -0.25) is 0 Å². The summed E-state index contributed by atoms with van der Waals surface area (Å²) in [6.45, 7) is 4.49. The largest absolute Gasteiger partial charge is 0.661 e. The Labute approximate surface area is 82.3 Å². The standard InChI is InChI=1S/C6H13N2.Y/c1-8-5-2-3-7-4-6-8;/h2-6H2,1H3;/q-1;. The summed E-state index contributed by atoms with van der Waals surface area (Å²) in [6.07, 6.45) is 1.25. The van der Waals surface area contributed by atoms with Gasteiger partial charge in [0.2, 0.25) is 0 Å². The minimum atomic E-state index is 0. The molecule has 51 valence electrons. The number of likely N-dealkylation sites (N-methyl/N-ethyl adjacent to an activating group) is 1. The van der Waals surface area contributed by atoms with Crippen molar-refractivity contribution < 1.29 is 32.7 Å². The van der Waals surface area contributed by atoms with Crippen LogP contribution in [-0.4, -0.2) is 38.1 Å². The number of hydrogen-bond acceptors (Lipinski definition) is 1. The zero-order valence-electron chi connectivity index (χ0n) is 6.01. The van der Waals surface area contributed by atoms with Crippen LogP contribution in [0, 0.1) is 0 Å². The second-order valence-electron chi connectivity index (χ2n) is 2.33. The second kappa shape index (κ2) is 5.78. The summed E-state index contributed by atoms with van der Waals surface area (Å²) in [4.78, 5) is 2.33. The molecule has 1 saturated heterocycles. The molecule has 1 aliphatic rings. The first kappa shape index (κ1) is 10.0. The van der Waals surface area contributed by atoms with E-state index in [9.17, 15) is 0 Å². The maximum absolute atomic E-state index is 4.28. The molecule has 3 heteroatoms. The molecule has 0 spiro atoms. The average Bonchev–Trinajstić information content (AvgIpc) is 1.94. The van der Waals surface area contributed by atoms with Gasteiger partial charge in [0, 0.05) is 32.7 Å². The van der Waals surface area contributed by atoms with Crippen LogP contribution in [0.5, 0.6) is 0 Å². The topological polar surface area (TPSA) is 17.3 Å². The fourth-order valence-electron chi connectivity index (χ4n) is 0.917. The van der Waals surface area contributed by atoms with Gasteiger partial charge in [0.25, 0.3) is 0 Å². The van der Waals surface area contributed by atoms with Crippen LogP contribution in [0.1, 0.15) is 6.42 Å². The third kappa shape index (κ3) is 4.43. The van der Waals surface area contributed by atoms with E-state index in [1.165, 1.54) is 13.0 Å². The molecule has 1 fully saturated rings. The van der Waals surface area contributed by atoms with Crippen molar-refractivity contribution in [3.05, 3.63) is 5.32 Å². The Morgan fingerprint density at radius 1 is 1.22 bits per heavy atom. The van der Waals surface area contributed by atoms with E-state index in [4.69, 9.17) is 0 Å². The van der Waals surface area contributed by atoms with Crippen LogP contribution in [0.15, 0.2) is 0 Å². The van der Waals surface area contributed by atoms with Crippen LogP contribution in [0.3, 0.4) is 0 Å². The van der Waals surface area contributed by atoms with Gasteiger partial charge in [-0.1, -0.05) is 6.42 Å². The first-order chi connectivity index (χ1) is 3.89. The molecular weight excluding hydrogens is 189 g/mol. The van der Waals surface area contributed by atoms with Crippen molar-refractivity contribution in [2.24, 2.45) is 0 Å². The molecule has 0 bridgehead atoms. The van der Waals surface area contributed by atoms with Crippen LogP contribution < -0.4 is 0 Å². The normalized spacial score (nSPS) is 22.3. The van der Waals surface area contributed by atoms with E-state index in [-0.39, 0.29) is 32.7 Å². The van der Waals surface area contributed by atoms with Gasteiger partial charge in [-0.25, -0.2) is 0 Å². The predicted molar refractivity (Wildman–Crippen MR) is 35.2 cm³/mol. The summed E-state index contributed by atoms with van der Waals surface area (Å²) in [6, 6.07) is 0. The van der Waals surface area contributed by atoms with Crippen molar-refractivity contribution in [3.63, 3.8) is 0 Å². The van der Waals surface area contributed by atoms with Crippen LogP contribution in [0.2, 0.25) is 0 Å². The Balaban J connectivity index is 0.000000640. The molecule has 0 aliphatic carbocycles. The van der Waals surface area contributed by atoms with E-state index in [1.54, 1.807) is 0 Å². The Hall–Kier alpha value is 1.02. The van der Waals surface area contributed by atoms with Gasteiger partial charge in [-0.05, 0) is 20.1 Å². The van der Waals surface area contributed by atoms with Crippen molar-refractivity contribution in [3.8, 4) is 0 Å². The maximum Gasteiger partial charge on any atom is 0 e. The van der Waals surface area contributed by atoms with Gasteiger partial charge in [-0.2, -0.15) is 0 Å². The van der Waals surface area contributed by atoms with Crippen molar-refractivity contribution in [1.82, 2.24) is 4.90 Å². The van der Waals surface area contributed by atoms with Crippen LogP contribution >= 0.6 is 0 Å². The van der Waals surface area contributed by atoms with E-state index in [0.29, 0.717) is 0 Å². The van der Waals surface area contributed by atoms with Gasteiger partial charge in [0.15, 0.2) is 0 Å². The van der Waals surface area contributed by atoms with Gasteiger partial charge in [-0.15, -0.1) is 13.1 Å². The number of hydrogen-bond donors (Lipinski definition) is 0. The van der Waals surface area contributed by atoms with Gasteiger partial charge >= 0.3 is 0 Å². The Kier molecular flexibility index (Phi) is 6.44. The average molecular weight is 202 g/mol. The molecule has 1 heterocycles. The summed E-state index contributed by atoms with van der Waals surface area (Å²) in [7, 11) is 2.15. The molecule has 1 aliphatic heterocycles. The maximum atomic E-state index is 4.28. The molecule has 0 N–H and O–H groups in total. The predicted octanol–water partition coefficient (Wildman–Crippen LogP) is 0.693. The fourth-order valence-corrected chi connectivity index (χ4v) is 0.917. The van der Waals surface area contributed by atoms with Crippen LogP contribution in [0.4, 0.5) is 0 Å². The molecule has 0 unspecified atom stereocenters. The molecule has 1 radical (unpaired) electrons. The van der Waals surface area contributed by atoms with Gasteiger partial charge in [0.1, 0.15) is 0 Å². The zero-order valence-corrected chi connectivity index (χ0v) is 8.85. The molecule has 0 saturated carbocycles. The Morgan fingerprint density at radius 3 is 2.78 bits per heavy atom. The molecule has 0 atom stereocenters. The molecule has 9 heavy (non-hydrogen) atoms. The van der Waals surface area contributed by atoms with E-state index < -0.39 is 0 Å². The van der Waals surface area contributed by atoms with Gasteiger partial charge in [0.05, 0.1) is 0 Å². The summed E-state index contributed by atoms with van der Waals surface area (Å²) in [5.41, 5.74) is 0. The molecule has 0 aromatic rings. The molecular formula is C6H13N2Y-. The van der Waals surface area contributed by atoms with Crippen LogP contribution in [0.25, 0.3) is 5.32 Å². The summed E-state index contributed by atoms with van der Waals surface area (Å²) < 4.78 is 0. The first-order valence-corrected chi connectivity index (χ1v) is 3.21. The van der Waals surface area contributed by atoms with Gasteiger partial charge < -0.3 is 10.2 Å².